The van der Waals surface area contributed by atoms with Crippen molar-refractivity contribution in [1.82, 2.24) is 5.32 Å². The molecule has 0 saturated carbocycles. The highest BCUT2D eigenvalue weighted by atomic mass is 16.7. The molecule has 2 aliphatic rings. The van der Waals surface area contributed by atoms with Crippen LogP contribution in [-0.2, 0) is 39.8 Å². The number of unbranched alkanes of at least 4 members (excludes halogenated alkanes) is 5. The molecule has 7 unspecified atom stereocenters. The summed E-state index contributed by atoms with van der Waals surface area (Å²) in [5, 5.41) is 83.4. The van der Waals surface area contributed by atoms with Crippen molar-refractivity contribution in [2.45, 2.75) is 113 Å². The number of methoxy groups -OCH3 is 1. The number of aliphatic hydroxyl groups is 6. The summed E-state index contributed by atoms with van der Waals surface area (Å²) in [6, 6.07) is 2.27. The summed E-state index contributed by atoms with van der Waals surface area (Å²) in [6.07, 6.45) is -10.2. The number of alkyl carbamates (subject to hydrolysis) is 1. The van der Waals surface area contributed by atoms with E-state index in [1.165, 1.54) is 19.2 Å². The molecule has 0 radical (unpaired) electrons. The Balaban J connectivity index is 1.70. The lowest BCUT2D eigenvalue weighted by molar-refractivity contribution is -0.344. The minimum absolute atomic E-state index is 0.129. The fraction of sp³-hybridized carbons (Fsp3) is 0.733. The van der Waals surface area contributed by atoms with Crippen molar-refractivity contribution in [1.29, 1.82) is 0 Å². The maximum Gasteiger partial charge on any atom is 0.407 e. The molecule has 0 bridgehead atoms. The molecule has 9 N–H and O–H groups in total. The Morgan fingerprint density at radius 2 is 1.38 bits per heavy atom. The molecule has 0 aliphatic carbocycles. The minimum Gasteiger partial charge on any atom is -0.508 e. The molecule has 1 aromatic carbocycles. The molecule has 47 heavy (non-hydrogen) atoms. The minimum atomic E-state index is -1.84. The van der Waals surface area contributed by atoms with E-state index in [4.69, 9.17) is 23.7 Å². The lowest BCUT2D eigenvalue weighted by Gasteiger charge is -2.47. The van der Waals surface area contributed by atoms with Gasteiger partial charge < -0.3 is 74.6 Å². The summed E-state index contributed by atoms with van der Waals surface area (Å²) < 4.78 is 32.8. The highest BCUT2D eigenvalue weighted by Crippen LogP contribution is 2.30. The number of esters is 1. The standard InChI is InChI=1S/C30H47NO16/c1-42-21(36)8-6-4-2-3-5-7-9-43-28-22(31-30(41)44-15-16-10-17(34)12-18(35)11-16)27(24(38)20(14-33)45-28)47-29-26(40)25(39)23(37)19(13-32)46-29/h10-12,19-20,22-29,32-35,37-40H,2-9,13-15H2,1H3,(H,31,41)/t19?,20?,22?,23-,24+,25?,26?,27?,28-,29?/m1/s1. The SMILES string of the molecule is COC(=O)CCCCCCCCO[C@@H]1OC(CO)[C@H](O)C(OC2OC(CO)[C@@H](O)C(O)C2O)C1NC(=O)OCc1cc(O)cc(O)c1. The van der Waals surface area contributed by atoms with Crippen LogP contribution in [0.1, 0.15) is 50.5 Å². The quantitative estimate of drug-likeness (QED) is 0.0698. The van der Waals surface area contributed by atoms with Gasteiger partial charge in [-0.15, -0.1) is 0 Å². The van der Waals surface area contributed by atoms with Gasteiger partial charge in [-0.1, -0.05) is 25.7 Å². The number of phenols is 2. The van der Waals surface area contributed by atoms with Gasteiger partial charge in [-0.05, 0) is 30.5 Å². The van der Waals surface area contributed by atoms with Crippen molar-refractivity contribution in [3.05, 3.63) is 23.8 Å². The number of hydrogen-bond acceptors (Lipinski definition) is 16. The first-order valence-electron chi connectivity index (χ1n) is 15.5. The molecular formula is C30H47NO16. The molecule has 3 rings (SSSR count). The topological polar surface area (TPSA) is 263 Å². The van der Waals surface area contributed by atoms with Gasteiger partial charge in [0.2, 0.25) is 0 Å². The van der Waals surface area contributed by atoms with E-state index in [1.54, 1.807) is 0 Å². The highest BCUT2D eigenvalue weighted by molar-refractivity contribution is 5.69. The third-order valence-corrected chi connectivity index (χ3v) is 7.90. The molecule has 0 spiro atoms. The Morgan fingerprint density at radius 3 is 2.02 bits per heavy atom. The zero-order valence-electron chi connectivity index (χ0n) is 26.1. The summed E-state index contributed by atoms with van der Waals surface area (Å²) in [4.78, 5) is 24.2. The Morgan fingerprint density at radius 1 is 0.787 bits per heavy atom. The Labute approximate surface area is 271 Å². The third-order valence-electron chi connectivity index (χ3n) is 7.90. The van der Waals surface area contributed by atoms with Gasteiger partial charge in [0.15, 0.2) is 12.6 Å². The predicted octanol–water partition coefficient (Wildman–Crippen LogP) is -1.12. The molecule has 10 atom stereocenters. The van der Waals surface area contributed by atoms with Crippen LogP contribution in [0.2, 0.25) is 0 Å². The second-order valence-electron chi connectivity index (χ2n) is 11.4. The number of rotatable bonds is 17. The summed E-state index contributed by atoms with van der Waals surface area (Å²) in [5.74, 6) is -0.771. The number of amides is 1. The third kappa shape index (κ3) is 11.4. The van der Waals surface area contributed by atoms with Crippen LogP contribution in [-0.4, -0.2) is 141 Å². The number of nitrogens with one attached hydrogen (secondary N) is 1. The lowest BCUT2D eigenvalue weighted by atomic mass is 9.95. The molecular weight excluding hydrogens is 630 g/mol. The Kier molecular flexibility index (Phi) is 15.8. The monoisotopic (exact) mass is 677 g/mol. The fourth-order valence-corrected chi connectivity index (χ4v) is 5.31. The van der Waals surface area contributed by atoms with Gasteiger partial charge in [0.05, 0.1) is 20.3 Å². The number of hydrogen-bond donors (Lipinski definition) is 9. The van der Waals surface area contributed by atoms with Gasteiger partial charge in [0, 0.05) is 19.1 Å². The molecule has 1 amide bonds. The first kappa shape index (κ1) is 38.6. The van der Waals surface area contributed by atoms with Crippen LogP contribution in [0, 0.1) is 0 Å². The van der Waals surface area contributed by atoms with Crippen molar-refractivity contribution < 1.29 is 78.9 Å². The van der Waals surface area contributed by atoms with Gasteiger partial charge in [-0.25, -0.2) is 4.79 Å². The van der Waals surface area contributed by atoms with Crippen molar-refractivity contribution in [2.24, 2.45) is 0 Å². The summed E-state index contributed by atoms with van der Waals surface area (Å²) in [7, 11) is 1.35. The molecule has 2 fully saturated rings. The summed E-state index contributed by atoms with van der Waals surface area (Å²) in [6.45, 7) is -1.69. The van der Waals surface area contributed by atoms with Crippen molar-refractivity contribution in [3.63, 3.8) is 0 Å². The maximum absolute atomic E-state index is 12.9. The molecule has 17 heteroatoms. The van der Waals surface area contributed by atoms with Crippen LogP contribution in [0.5, 0.6) is 11.5 Å². The molecule has 2 saturated heterocycles. The van der Waals surface area contributed by atoms with Crippen molar-refractivity contribution >= 4 is 12.1 Å². The van der Waals surface area contributed by atoms with Crippen LogP contribution in [0.4, 0.5) is 4.79 Å². The number of ether oxygens (including phenoxy) is 6. The first-order chi connectivity index (χ1) is 22.5. The number of aliphatic hydroxyl groups excluding tert-OH is 6. The number of phenolic OH excluding ortho intramolecular Hbond substituents is 2. The summed E-state index contributed by atoms with van der Waals surface area (Å²) in [5.41, 5.74) is 0.255. The van der Waals surface area contributed by atoms with Crippen LogP contribution in [0.15, 0.2) is 18.2 Å². The zero-order chi connectivity index (χ0) is 34.5. The van der Waals surface area contributed by atoms with E-state index in [2.05, 4.69) is 10.1 Å². The molecule has 2 aliphatic heterocycles. The maximum atomic E-state index is 12.9. The smallest absolute Gasteiger partial charge is 0.407 e. The summed E-state index contributed by atoms with van der Waals surface area (Å²) >= 11 is 0. The normalized spacial score (nSPS) is 30.9. The van der Waals surface area contributed by atoms with E-state index >= 15 is 0 Å². The van der Waals surface area contributed by atoms with Crippen molar-refractivity contribution in [3.8, 4) is 11.5 Å². The molecule has 1 aromatic rings. The van der Waals surface area contributed by atoms with Crippen molar-refractivity contribution in [2.75, 3.05) is 26.9 Å². The Bertz CT molecular complexity index is 1090. The van der Waals surface area contributed by atoms with Gasteiger partial charge in [-0.3, -0.25) is 4.79 Å². The van der Waals surface area contributed by atoms with Gasteiger partial charge in [-0.2, -0.15) is 0 Å². The van der Waals surface area contributed by atoms with Crippen LogP contribution in [0.25, 0.3) is 0 Å². The average Bonchev–Trinajstić information content (AvgIpc) is 3.04. The fourth-order valence-electron chi connectivity index (χ4n) is 5.31. The molecule has 2 heterocycles. The van der Waals surface area contributed by atoms with Crippen LogP contribution < -0.4 is 5.32 Å². The van der Waals surface area contributed by atoms with Crippen LogP contribution in [0.3, 0.4) is 0 Å². The zero-order valence-corrected chi connectivity index (χ0v) is 26.1. The van der Waals surface area contributed by atoms with E-state index in [0.29, 0.717) is 12.8 Å². The van der Waals surface area contributed by atoms with E-state index in [0.717, 1.165) is 38.2 Å². The van der Waals surface area contributed by atoms with Gasteiger partial charge in [0.1, 0.15) is 66.9 Å². The first-order valence-corrected chi connectivity index (χ1v) is 15.5. The Hall–Kier alpha value is -2.84. The number of aromatic hydroxyl groups is 2. The second-order valence-corrected chi connectivity index (χ2v) is 11.4. The van der Waals surface area contributed by atoms with E-state index < -0.39 is 80.7 Å². The van der Waals surface area contributed by atoms with Gasteiger partial charge in [0.25, 0.3) is 0 Å². The average molecular weight is 678 g/mol. The highest BCUT2D eigenvalue weighted by Gasteiger charge is 2.51. The molecule has 0 aromatic heterocycles. The number of carbonyl (C=O) groups excluding carboxylic acids is 2. The number of carbonyl (C=O) groups is 2. The van der Waals surface area contributed by atoms with Crippen LogP contribution >= 0.6 is 0 Å². The second kappa shape index (κ2) is 19.2. The van der Waals surface area contributed by atoms with E-state index in [-0.39, 0.29) is 36.2 Å². The lowest BCUT2D eigenvalue weighted by Crippen LogP contribution is -2.68. The molecule has 268 valence electrons. The van der Waals surface area contributed by atoms with E-state index in [1.807, 2.05) is 0 Å². The predicted molar refractivity (Wildman–Crippen MR) is 158 cm³/mol. The molecule has 17 nitrogen and oxygen atoms in total. The van der Waals surface area contributed by atoms with Gasteiger partial charge >= 0.3 is 12.1 Å². The number of benzene rings is 1. The van der Waals surface area contributed by atoms with E-state index in [9.17, 15) is 50.4 Å². The largest absolute Gasteiger partial charge is 0.508 e.